The summed E-state index contributed by atoms with van der Waals surface area (Å²) in [6.45, 7) is 0.306. The van der Waals surface area contributed by atoms with E-state index >= 15 is 0 Å². The van der Waals surface area contributed by atoms with Crippen molar-refractivity contribution in [3.63, 3.8) is 0 Å². The van der Waals surface area contributed by atoms with E-state index in [-0.39, 0.29) is 17.9 Å². The third-order valence-electron chi connectivity index (χ3n) is 5.14. The number of hydrogen-bond donors (Lipinski definition) is 0. The van der Waals surface area contributed by atoms with Gasteiger partial charge in [-0.2, -0.15) is 5.26 Å². The van der Waals surface area contributed by atoms with E-state index in [1.807, 2.05) is 59.5 Å². The van der Waals surface area contributed by atoms with Crippen molar-refractivity contribution in [2.75, 3.05) is 11.5 Å². The summed E-state index contributed by atoms with van der Waals surface area (Å²) < 4.78 is 11.3. The molecule has 1 fully saturated rings. The van der Waals surface area contributed by atoms with E-state index in [0.29, 0.717) is 23.8 Å². The summed E-state index contributed by atoms with van der Waals surface area (Å²) in [5.74, 6) is 0.130. The second-order valence-corrected chi connectivity index (χ2v) is 6.40. The lowest BCUT2D eigenvalue weighted by atomic mass is 9.77. The molecule has 0 saturated carbocycles. The molecule has 3 atom stereocenters. The number of para-hydroxylation sites is 2. The van der Waals surface area contributed by atoms with E-state index in [1.54, 1.807) is 0 Å². The second-order valence-electron chi connectivity index (χ2n) is 6.40. The topological polar surface area (TPSA) is 62.6 Å². The highest BCUT2D eigenvalue weighted by Gasteiger charge is 2.54. The fourth-order valence-corrected chi connectivity index (χ4v) is 4.10. The molecule has 0 amide bonds. The van der Waals surface area contributed by atoms with Crippen LogP contribution in [-0.4, -0.2) is 12.6 Å². The first-order valence-corrected chi connectivity index (χ1v) is 8.21. The summed E-state index contributed by atoms with van der Waals surface area (Å²) >= 11 is 0. The summed E-state index contributed by atoms with van der Waals surface area (Å²) in [5.41, 5.74) is 2.35. The van der Waals surface area contributed by atoms with Crippen molar-refractivity contribution in [3.8, 4) is 11.8 Å². The van der Waals surface area contributed by atoms with Crippen LogP contribution in [0, 0.1) is 23.2 Å². The Morgan fingerprint density at radius 3 is 2.64 bits per heavy atom. The van der Waals surface area contributed by atoms with Crippen LogP contribution in [0.15, 0.2) is 66.1 Å². The molecule has 1 saturated heterocycles. The first-order chi connectivity index (χ1) is 12.3. The largest absolute Gasteiger partial charge is 0.465 e. The third-order valence-corrected chi connectivity index (χ3v) is 5.14. The fraction of sp³-hybridized carbons (Fsp3) is 0.200. The molecule has 3 heterocycles. The average molecular weight is 330 g/mol. The first kappa shape index (κ1) is 14.1. The van der Waals surface area contributed by atoms with Crippen molar-refractivity contribution in [2.24, 2.45) is 11.8 Å². The van der Waals surface area contributed by atoms with Gasteiger partial charge in [-0.3, -0.25) is 4.79 Å². The van der Waals surface area contributed by atoms with Gasteiger partial charge in [0.15, 0.2) is 5.75 Å². The molecule has 3 aliphatic heterocycles. The Bertz CT molecular complexity index is 945. The molecule has 0 aromatic heterocycles. The zero-order chi connectivity index (χ0) is 17.0. The highest BCUT2D eigenvalue weighted by molar-refractivity contribution is 5.83. The monoisotopic (exact) mass is 330 g/mol. The number of benzene rings is 2. The Labute approximate surface area is 144 Å². The molecule has 0 unspecified atom stereocenters. The molecule has 0 radical (unpaired) electrons. The Morgan fingerprint density at radius 2 is 1.84 bits per heavy atom. The number of rotatable bonds is 1. The lowest BCUT2D eigenvalue weighted by Crippen LogP contribution is -2.42. The molecule has 0 bridgehead atoms. The van der Waals surface area contributed by atoms with Gasteiger partial charge >= 0.3 is 5.97 Å². The number of anilines is 1. The molecule has 2 aromatic carbocycles. The highest BCUT2D eigenvalue weighted by Crippen LogP contribution is 2.54. The maximum Gasteiger partial charge on any atom is 0.314 e. The average Bonchev–Trinajstić information content (AvgIpc) is 3.22. The second kappa shape index (κ2) is 5.12. The molecule has 3 aliphatic rings. The smallest absolute Gasteiger partial charge is 0.314 e. The zero-order valence-electron chi connectivity index (χ0n) is 13.3. The zero-order valence-corrected chi connectivity index (χ0v) is 13.3. The summed E-state index contributed by atoms with van der Waals surface area (Å²) in [6.07, 6.45) is 0. The van der Waals surface area contributed by atoms with Crippen molar-refractivity contribution < 1.29 is 14.3 Å². The van der Waals surface area contributed by atoms with Crippen LogP contribution >= 0.6 is 0 Å². The summed E-state index contributed by atoms with van der Waals surface area (Å²) in [4.78, 5) is 14.4. The van der Waals surface area contributed by atoms with E-state index in [2.05, 4.69) is 6.07 Å². The van der Waals surface area contributed by atoms with E-state index in [0.717, 1.165) is 11.3 Å². The Balaban J connectivity index is 1.77. The van der Waals surface area contributed by atoms with Crippen LogP contribution in [0.4, 0.5) is 5.69 Å². The molecular weight excluding hydrogens is 316 g/mol. The lowest BCUT2D eigenvalue weighted by Gasteiger charge is -2.39. The number of cyclic esters (lactones) is 1. The van der Waals surface area contributed by atoms with Crippen molar-refractivity contribution >= 4 is 11.7 Å². The van der Waals surface area contributed by atoms with Gasteiger partial charge in [0.25, 0.3) is 0 Å². The molecule has 0 aliphatic carbocycles. The van der Waals surface area contributed by atoms with Gasteiger partial charge in [0.1, 0.15) is 17.6 Å². The number of carbonyl (C=O) groups is 1. The number of carbonyl (C=O) groups excluding carboxylic acids is 1. The van der Waals surface area contributed by atoms with Crippen molar-refractivity contribution in [3.05, 3.63) is 71.6 Å². The first-order valence-electron chi connectivity index (χ1n) is 8.21. The van der Waals surface area contributed by atoms with Gasteiger partial charge in [0.05, 0.1) is 18.3 Å². The summed E-state index contributed by atoms with van der Waals surface area (Å²) in [5, 5.41) is 9.72. The van der Waals surface area contributed by atoms with E-state index < -0.39 is 5.92 Å². The summed E-state index contributed by atoms with van der Waals surface area (Å²) in [6, 6.07) is 19.8. The van der Waals surface area contributed by atoms with Crippen LogP contribution in [0.25, 0.3) is 0 Å². The maximum absolute atomic E-state index is 12.3. The van der Waals surface area contributed by atoms with Crippen molar-refractivity contribution in [1.29, 1.82) is 5.26 Å². The minimum atomic E-state index is -0.573. The number of hydrogen-bond acceptors (Lipinski definition) is 5. The van der Waals surface area contributed by atoms with Gasteiger partial charge in [-0.1, -0.05) is 42.5 Å². The number of nitrogens with zero attached hydrogens (tertiary/aromatic N) is 2. The number of fused-ring (bicyclic) bond motifs is 4. The van der Waals surface area contributed by atoms with Crippen LogP contribution in [0.5, 0.6) is 5.75 Å². The maximum atomic E-state index is 12.3. The van der Waals surface area contributed by atoms with Crippen LogP contribution in [0.2, 0.25) is 0 Å². The van der Waals surface area contributed by atoms with E-state index in [9.17, 15) is 10.1 Å². The molecule has 5 nitrogen and oxygen atoms in total. The minimum Gasteiger partial charge on any atom is -0.465 e. The van der Waals surface area contributed by atoms with Gasteiger partial charge in [0.2, 0.25) is 5.88 Å². The standard InChI is InChI=1S/C20H14N2O3/c21-10-13-17-14(11-24-20(17)23)18(12-6-2-1-3-7-12)22-15-8-4-5-9-16(15)25-19(13)22/h1-9,14,17-18H,11H2/t14-,17-,18+/m1/s1. The number of ether oxygens (including phenoxy) is 2. The minimum absolute atomic E-state index is 0.117. The Kier molecular flexibility index (Phi) is 2.89. The van der Waals surface area contributed by atoms with Gasteiger partial charge in [-0.15, -0.1) is 0 Å². The SMILES string of the molecule is N#CC1=C2Oc3ccccc3N2[C@@H](c2ccccc2)[C@@H]2COC(=O)[C@H]12. The van der Waals surface area contributed by atoms with Gasteiger partial charge < -0.3 is 14.4 Å². The summed E-state index contributed by atoms with van der Waals surface area (Å²) in [7, 11) is 0. The molecule has 0 N–H and O–H groups in total. The Morgan fingerprint density at radius 1 is 1.08 bits per heavy atom. The number of nitriles is 1. The van der Waals surface area contributed by atoms with Crippen LogP contribution in [-0.2, 0) is 9.53 Å². The predicted octanol–water partition coefficient (Wildman–Crippen LogP) is 3.16. The molecule has 0 spiro atoms. The van der Waals surface area contributed by atoms with E-state index in [4.69, 9.17) is 9.47 Å². The van der Waals surface area contributed by atoms with Gasteiger partial charge in [-0.05, 0) is 17.7 Å². The lowest BCUT2D eigenvalue weighted by molar-refractivity contribution is -0.140. The molecule has 5 heteroatoms. The normalized spacial score (nSPS) is 26.3. The molecule has 2 aromatic rings. The fourth-order valence-electron chi connectivity index (χ4n) is 4.10. The third kappa shape index (κ3) is 1.85. The number of esters is 1. The van der Waals surface area contributed by atoms with Crippen LogP contribution in [0.3, 0.4) is 0 Å². The van der Waals surface area contributed by atoms with Gasteiger partial charge in [0, 0.05) is 5.92 Å². The van der Waals surface area contributed by atoms with Crippen molar-refractivity contribution in [1.82, 2.24) is 0 Å². The van der Waals surface area contributed by atoms with E-state index in [1.165, 1.54) is 0 Å². The van der Waals surface area contributed by atoms with Crippen molar-refractivity contribution in [2.45, 2.75) is 6.04 Å². The molecule has 25 heavy (non-hydrogen) atoms. The molecular formula is C20H14N2O3. The Hall–Kier alpha value is -3.26. The highest BCUT2D eigenvalue weighted by atomic mass is 16.5. The predicted molar refractivity (Wildman–Crippen MR) is 89.3 cm³/mol. The van der Waals surface area contributed by atoms with Gasteiger partial charge in [-0.25, -0.2) is 0 Å². The molecule has 122 valence electrons. The van der Waals surface area contributed by atoms with Crippen LogP contribution in [0.1, 0.15) is 11.6 Å². The van der Waals surface area contributed by atoms with Crippen LogP contribution < -0.4 is 9.64 Å². The quantitative estimate of drug-likeness (QED) is 0.752. The molecule has 5 rings (SSSR count).